The van der Waals surface area contributed by atoms with Crippen molar-refractivity contribution in [1.82, 2.24) is 4.98 Å². The summed E-state index contributed by atoms with van der Waals surface area (Å²) in [6.45, 7) is 10.6. The molecule has 12 heavy (non-hydrogen) atoms. The number of H-pyrrole nitrogens is 1. The molecule has 0 spiro atoms. The highest BCUT2D eigenvalue weighted by Crippen LogP contribution is 2.30. The van der Waals surface area contributed by atoms with E-state index in [0.717, 1.165) is 11.4 Å². The maximum Gasteiger partial charge on any atom is 0.0562 e. The Balaban J connectivity index is 3.28. The van der Waals surface area contributed by atoms with Gasteiger partial charge in [0.25, 0.3) is 0 Å². The third-order valence-corrected chi connectivity index (χ3v) is 2.30. The molecule has 68 valence electrons. The van der Waals surface area contributed by atoms with E-state index in [-0.39, 0.29) is 5.41 Å². The van der Waals surface area contributed by atoms with Crippen LogP contribution in [-0.4, -0.2) is 4.98 Å². The molecule has 0 aliphatic carbocycles. The van der Waals surface area contributed by atoms with Crippen molar-refractivity contribution >= 4 is 5.69 Å². The van der Waals surface area contributed by atoms with E-state index in [1.165, 1.54) is 11.3 Å². The molecule has 0 saturated heterocycles. The summed E-state index contributed by atoms with van der Waals surface area (Å²) < 4.78 is 0. The highest BCUT2D eigenvalue weighted by molar-refractivity contribution is 5.56. The van der Waals surface area contributed by atoms with Gasteiger partial charge in [-0.15, -0.1) is 0 Å². The quantitative estimate of drug-likeness (QED) is 0.611. The van der Waals surface area contributed by atoms with Crippen molar-refractivity contribution in [3.63, 3.8) is 0 Å². The monoisotopic (exact) mass is 166 g/mol. The zero-order chi connectivity index (χ0) is 9.52. The minimum atomic E-state index is 0.114. The minimum Gasteiger partial charge on any atom is -0.397 e. The molecule has 2 heteroatoms. The van der Waals surface area contributed by atoms with Gasteiger partial charge in [-0.05, 0) is 19.4 Å². The first-order valence-corrected chi connectivity index (χ1v) is 4.29. The van der Waals surface area contributed by atoms with Crippen molar-refractivity contribution in [3.05, 3.63) is 17.0 Å². The molecule has 0 saturated carbocycles. The van der Waals surface area contributed by atoms with E-state index in [0.29, 0.717) is 0 Å². The fourth-order valence-electron chi connectivity index (χ4n) is 1.33. The lowest BCUT2D eigenvalue weighted by Gasteiger charge is -2.17. The maximum atomic E-state index is 5.96. The molecule has 0 amide bonds. The van der Waals surface area contributed by atoms with Gasteiger partial charge in [-0.3, -0.25) is 0 Å². The third-order valence-electron chi connectivity index (χ3n) is 2.30. The number of nitrogens with one attached hydrogen (secondary N) is 1. The molecule has 0 radical (unpaired) electrons. The molecule has 0 aromatic carbocycles. The number of hydrogen-bond acceptors (Lipinski definition) is 1. The second-order valence-electron chi connectivity index (χ2n) is 4.41. The summed E-state index contributed by atoms with van der Waals surface area (Å²) in [7, 11) is 0. The largest absolute Gasteiger partial charge is 0.397 e. The molecule has 0 aliphatic heterocycles. The summed E-state index contributed by atoms with van der Waals surface area (Å²) in [6.07, 6.45) is 0. The summed E-state index contributed by atoms with van der Waals surface area (Å²) in [4.78, 5) is 3.33. The molecule has 3 N–H and O–H groups in total. The first-order chi connectivity index (χ1) is 5.34. The van der Waals surface area contributed by atoms with Crippen LogP contribution in [0.25, 0.3) is 0 Å². The van der Waals surface area contributed by atoms with Gasteiger partial charge in [0.1, 0.15) is 0 Å². The van der Waals surface area contributed by atoms with Crippen molar-refractivity contribution in [3.8, 4) is 0 Å². The lowest BCUT2D eigenvalue weighted by Crippen LogP contribution is -2.13. The second kappa shape index (κ2) is 2.54. The molecule has 0 unspecified atom stereocenters. The SMILES string of the molecule is Cc1[nH]c(C(C)(C)C)c(N)c1C. The van der Waals surface area contributed by atoms with Gasteiger partial charge in [0.15, 0.2) is 0 Å². The lowest BCUT2D eigenvalue weighted by atomic mass is 9.91. The molecule has 0 aliphatic rings. The summed E-state index contributed by atoms with van der Waals surface area (Å²) in [6, 6.07) is 0. The molecular formula is C10H18N2. The van der Waals surface area contributed by atoms with E-state index in [1.807, 2.05) is 0 Å². The van der Waals surface area contributed by atoms with Crippen LogP contribution in [-0.2, 0) is 5.41 Å². The van der Waals surface area contributed by atoms with Gasteiger partial charge in [-0.25, -0.2) is 0 Å². The Morgan fingerprint density at radius 2 is 1.67 bits per heavy atom. The minimum absolute atomic E-state index is 0.114. The van der Waals surface area contributed by atoms with E-state index in [4.69, 9.17) is 5.73 Å². The van der Waals surface area contributed by atoms with Gasteiger partial charge < -0.3 is 10.7 Å². The molecule has 1 heterocycles. The molecule has 0 bridgehead atoms. The van der Waals surface area contributed by atoms with Gasteiger partial charge in [0, 0.05) is 16.8 Å². The number of hydrogen-bond donors (Lipinski definition) is 2. The summed E-state index contributed by atoms with van der Waals surface area (Å²) in [5.74, 6) is 0. The topological polar surface area (TPSA) is 41.8 Å². The fraction of sp³-hybridized carbons (Fsp3) is 0.600. The molecule has 1 rings (SSSR count). The van der Waals surface area contributed by atoms with Crippen LogP contribution in [0, 0.1) is 13.8 Å². The van der Waals surface area contributed by atoms with E-state index < -0.39 is 0 Å². The van der Waals surface area contributed by atoms with Crippen molar-refractivity contribution in [2.75, 3.05) is 5.73 Å². The van der Waals surface area contributed by atoms with Crippen molar-refractivity contribution in [2.24, 2.45) is 0 Å². The predicted molar refractivity (Wildman–Crippen MR) is 53.4 cm³/mol. The number of nitrogen functional groups attached to an aromatic ring is 1. The lowest BCUT2D eigenvalue weighted by molar-refractivity contribution is 0.574. The second-order valence-corrected chi connectivity index (χ2v) is 4.41. The van der Waals surface area contributed by atoms with Gasteiger partial charge in [-0.1, -0.05) is 20.8 Å². The Labute approximate surface area is 74.2 Å². The Morgan fingerprint density at radius 1 is 1.17 bits per heavy atom. The number of aromatic amines is 1. The first kappa shape index (κ1) is 9.17. The number of aryl methyl sites for hydroxylation is 1. The molecule has 2 nitrogen and oxygen atoms in total. The van der Waals surface area contributed by atoms with Crippen LogP contribution in [0.5, 0.6) is 0 Å². The van der Waals surface area contributed by atoms with Gasteiger partial charge in [-0.2, -0.15) is 0 Å². The number of aromatic nitrogens is 1. The van der Waals surface area contributed by atoms with Crippen LogP contribution in [0.1, 0.15) is 37.7 Å². The van der Waals surface area contributed by atoms with Crippen LogP contribution in [0.3, 0.4) is 0 Å². The highest BCUT2D eigenvalue weighted by atomic mass is 14.8. The summed E-state index contributed by atoms with van der Waals surface area (Å²) >= 11 is 0. The zero-order valence-corrected chi connectivity index (χ0v) is 8.58. The van der Waals surface area contributed by atoms with Crippen LogP contribution in [0.4, 0.5) is 5.69 Å². The van der Waals surface area contributed by atoms with Gasteiger partial charge in [0.2, 0.25) is 0 Å². The highest BCUT2D eigenvalue weighted by Gasteiger charge is 2.20. The average Bonchev–Trinajstić information content (AvgIpc) is 2.15. The first-order valence-electron chi connectivity index (χ1n) is 4.29. The van der Waals surface area contributed by atoms with Crippen molar-refractivity contribution in [2.45, 2.75) is 40.0 Å². The fourth-order valence-corrected chi connectivity index (χ4v) is 1.33. The normalized spacial score (nSPS) is 12.1. The van der Waals surface area contributed by atoms with E-state index in [1.54, 1.807) is 0 Å². The number of rotatable bonds is 0. The standard InChI is InChI=1S/C10H18N2/c1-6-7(2)12-9(8(6)11)10(3,4)5/h12H,11H2,1-5H3. The van der Waals surface area contributed by atoms with E-state index in [9.17, 15) is 0 Å². The summed E-state index contributed by atoms with van der Waals surface area (Å²) in [5.41, 5.74) is 10.5. The van der Waals surface area contributed by atoms with E-state index >= 15 is 0 Å². The van der Waals surface area contributed by atoms with Gasteiger partial charge >= 0.3 is 0 Å². The zero-order valence-electron chi connectivity index (χ0n) is 8.58. The molecule has 1 aromatic rings. The smallest absolute Gasteiger partial charge is 0.0562 e. The molecule has 1 aromatic heterocycles. The Hall–Kier alpha value is -0.920. The van der Waals surface area contributed by atoms with Crippen LogP contribution in [0.2, 0.25) is 0 Å². The van der Waals surface area contributed by atoms with E-state index in [2.05, 4.69) is 39.6 Å². The van der Waals surface area contributed by atoms with Crippen LogP contribution >= 0.6 is 0 Å². The Kier molecular flexibility index (Phi) is 1.94. The molecule has 0 atom stereocenters. The summed E-state index contributed by atoms with van der Waals surface area (Å²) in [5, 5.41) is 0. The van der Waals surface area contributed by atoms with Crippen LogP contribution in [0.15, 0.2) is 0 Å². The van der Waals surface area contributed by atoms with Crippen LogP contribution < -0.4 is 5.73 Å². The van der Waals surface area contributed by atoms with Crippen molar-refractivity contribution < 1.29 is 0 Å². The average molecular weight is 166 g/mol. The third kappa shape index (κ3) is 1.33. The Morgan fingerprint density at radius 3 is 1.83 bits per heavy atom. The number of nitrogens with two attached hydrogens (primary N) is 1. The molecule has 0 fully saturated rings. The predicted octanol–water partition coefficient (Wildman–Crippen LogP) is 2.51. The Bertz CT molecular complexity index is 290. The van der Waals surface area contributed by atoms with Crippen molar-refractivity contribution in [1.29, 1.82) is 0 Å². The van der Waals surface area contributed by atoms with Gasteiger partial charge in [0.05, 0.1) is 5.69 Å². The number of anilines is 1. The maximum absolute atomic E-state index is 5.96. The molecular weight excluding hydrogens is 148 g/mol.